The highest BCUT2D eigenvalue weighted by Gasteiger charge is 2.39. The van der Waals surface area contributed by atoms with Crippen molar-refractivity contribution in [2.75, 3.05) is 4.90 Å². The van der Waals surface area contributed by atoms with Gasteiger partial charge >= 0.3 is 0 Å². The Morgan fingerprint density at radius 3 is 1.14 bits per heavy atom. The van der Waals surface area contributed by atoms with Gasteiger partial charge in [0.1, 0.15) is 0 Å². The number of anilines is 3. The SMILES string of the molecule is CC1(C)c2ccccc2-c2cc(N(c3cccc(-c4cccc5c4C(C)(C)c4ccccc4-5)c3)c3cccc(-c4cccc5c4C(C)(C)c4ccccc4-5)c3)ccc21. The molecule has 1 nitrogen and oxygen atoms in total. The van der Waals surface area contributed by atoms with Crippen molar-refractivity contribution >= 4 is 17.1 Å². The lowest BCUT2D eigenvalue weighted by molar-refractivity contribution is 0.660. The molecule has 0 unspecified atom stereocenters. The molecule has 8 aromatic rings. The minimum atomic E-state index is -0.115. The first-order valence-corrected chi connectivity index (χ1v) is 20.8. The highest BCUT2D eigenvalue weighted by Crippen LogP contribution is 2.55. The van der Waals surface area contributed by atoms with Crippen molar-refractivity contribution in [2.45, 2.75) is 57.8 Å². The van der Waals surface area contributed by atoms with E-state index < -0.39 is 0 Å². The Hall–Kier alpha value is -6.44. The van der Waals surface area contributed by atoms with Crippen LogP contribution in [0.4, 0.5) is 17.1 Å². The number of hydrogen-bond donors (Lipinski definition) is 0. The van der Waals surface area contributed by atoms with Gasteiger partial charge < -0.3 is 4.90 Å². The quantitative estimate of drug-likeness (QED) is 0.170. The smallest absolute Gasteiger partial charge is 0.0468 e. The van der Waals surface area contributed by atoms with Gasteiger partial charge in [-0.15, -0.1) is 0 Å². The third kappa shape index (κ3) is 4.83. The van der Waals surface area contributed by atoms with Crippen LogP contribution in [0.25, 0.3) is 55.6 Å². The first kappa shape index (κ1) is 34.8. The van der Waals surface area contributed by atoms with E-state index in [0.717, 1.165) is 17.1 Å². The predicted octanol–water partition coefficient (Wildman–Crippen LogP) is 15.4. The Morgan fingerprint density at radius 2 is 0.638 bits per heavy atom. The van der Waals surface area contributed by atoms with Crippen LogP contribution in [-0.4, -0.2) is 0 Å². The molecule has 0 aromatic heterocycles. The molecule has 0 amide bonds. The van der Waals surface area contributed by atoms with E-state index in [4.69, 9.17) is 0 Å². The molecule has 0 heterocycles. The topological polar surface area (TPSA) is 3.24 Å². The van der Waals surface area contributed by atoms with E-state index in [-0.39, 0.29) is 16.2 Å². The fourth-order valence-electron chi connectivity index (χ4n) is 11.1. The number of nitrogens with zero attached hydrogens (tertiary/aromatic N) is 1. The molecular formula is C57H47N. The van der Waals surface area contributed by atoms with Gasteiger partial charge in [0.25, 0.3) is 0 Å². The zero-order valence-electron chi connectivity index (χ0n) is 34.2. The highest BCUT2D eigenvalue weighted by atomic mass is 15.1. The summed E-state index contributed by atoms with van der Waals surface area (Å²) < 4.78 is 0. The van der Waals surface area contributed by atoms with Crippen molar-refractivity contribution in [1.29, 1.82) is 0 Å². The van der Waals surface area contributed by atoms with Crippen molar-refractivity contribution in [3.8, 4) is 55.6 Å². The summed E-state index contributed by atoms with van der Waals surface area (Å²) in [5, 5.41) is 0. The van der Waals surface area contributed by atoms with E-state index in [9.17, 15) is 0 Å². The van der Waals surface area contributed by atoms with Crippen LogP contribution in [0.1, 0.15) is 74.9 Å². The summed E-state index contributed by atoms with van der Waals surface area (Å²) in [6.45, 7) is 14.2. The summed E-state index contributed by atoms with van der Waals surface area (Å²) in [4.78, 5) is 2.48. The van der Waals surface area contributed by atoms with Gasteiger partial charge in [0.05, 0.1) is 0 Å². The highest BCUT2D eigenvalue weighted by molar-refractivity contribution is 5.93. The van der Waals surface area contributed by atoms with E-state index >= 15 is 0 Å². The van der Waals surface area contributed by atoms with Crippen LogP contribution >= 0.6 is 0 Å². The van der Waals surface area contributed by atoms with Gasteiger partial charge in [-0.2, -0.15) is 0 Å². The number of fused-ring (bicyclic) bond motifs is 9. The molecule has 3 aliphatic rings. The van der Waals surface area contributed by atoms with E-state index in [1.54, 1.807) is 0 Å². The fourth-order valence-corrected chi connectivity index (χ4v) is 11.1. The zero-order valence-corrected chi connectivity index (χ0v) is 34.2. The molecule has 1 heteroatoms. The largest absolute Gasteiger partial charge is 0.310 e. The average Bonchev–Trinajstić information content (AvgIpc) is 3.74. The van der Waals surface area contributed by atoms with Crippen LogP contribution in [0.5, 0.6) is 0 Å². The standard InChI is InChI=1S/C57H47N/c1-55(2)49-28-10-9-23-45(49)48-35-40(31-32-52(48)55)58(38-19-13-17-36(33-38)41-24-15-26-46-43-21-7-11-29-50(43)56(3,4)53(41)46)39-20-14-18-37(34-39)42-25-16-27-47-44-22-8-12-30-51(44)57(5,6)54(42)47/h7-35H,1-6H3. The minimum Gasteiger partial charge on any atom is -0.310 e. The molecule has 11 rings (SSSR count). The molecule has 0 atom stereocenters. The van der Waals surface area contributed by atoms with Gasteiger partial charge in [-0.25, -0.2) is 0 Å². The van der Waals surface area contributed by atoms with Gasteiger partial charge in [0, 0.05) is 33.3 Å². The van der Waals surface area contributed by atoms with E-state index in [2.05, 4.69) is 222 Å². The van der Waals surface area contributed by atoms with Gasteiger partial charge in [0.15, 0.2) is 0 Å². The average molecular weight is 746 g/mol. The number of hydrogen-bond acceptors (Lipinski definition) is 1. The van der Waals surface area contributed by atoms with Crippen molar-refractivity contribution in [3.05, 3.63) is 209 Å². The zero-order chi connectivity index (χ0) is 39.6. The Balaban J connectivity index is 1.10. The van der Waals surface area contributed by atoms with Crippen LogP contribution < -0.4 is 4.90 Å². The summed E-state index contributed by atoms with van der Waals surface area (Å²) in [6.07, 6.45) is 0. The molecule has 0 spiro atoms. The molecule has 0 saturated heterocycles. The summed E-state index contributed by atoms with van der Waals surface area (Å²) in [6, 6.07) is 66.1. The Kier molecular flexibility index (Phi) is 7.36. The van der Waals surface area contributed by atoms with Gasteiger partial charge in [0.2, 0.25) is 0 Å². The van der Waals surface area contributed by atoms with E-state index in [0.29, 0.717) is 0 Å². The predicted molar refractivity (Wildman–Crippen MR) is 245 cm³/mol. The molecular weight excluding hydrogens is 699 g/mol. The van der Waals surface area contributed by atoms with Crippen molar-refractivity contribution in [2.24, 2.45) is 0 Å². The Labute approximate surface area is 343 Å². The second-order valence-electron chi connectivity index (χ2n) is 18.1. The van der Waals surface area contributed by atoms with Crippen LogP contribution in [0, 0.1) is 0 Å². The summed E-state index contributed by atoms with van der Waals surface area (Å²) in [5.41, 5.74) is 24.5. The molecule has 0 fully saturated rings. The molecule has 8 aromatic carbocycles. The van der Waals surface area contributed by atoms with Gasteiger partial charge in [-0.05, 0) is 125 Å². The van der Waals surface area contributed by atoms with Crippen molar-refractivity contribution in [1.82, 2.24) is 0 Å². The first-order valence-electron chi connectivity index (χ1n) is 20.8. The van der Waals surface area contributed by atoms with Crippen LogP contribution in [0.2, 0.25) is 0 Å². The molecule has 3 aliphatic carbocycles. The van der Waals surface area contributed by atoms with Crippen LogP contribution in [-0.2, 0) is 16.2 Å². The summed E-state index contributed by atoms with van der Waals surface area (Å²) in [7, 11) is 0. The van der Waals surface area contributed by atoms with Crippen LogP contribution in [0.3, 0.4) is 0 Å². The maximum Gasteiger partial charge on any atom is 0.0468 e. The maximum atomic E-state index is 2.48. The normalized spacial score (nSPS) is 15.5. The third-order valence-corrected chi connectivity index (χ3v) is 13.8. The van der Waals surface area contributed by atoms with Crippen molar-refractivity contribution in [3.63, 3.8) is 0 Å². The second-order valence-corrected chi connectivity index (χ2v) is 18.1. The lowest BCUT2D eigenvalue weighted by atomic mass is 9.78. The lowest BCUT2D eigenvalue weighted by Crippen LogP contribution is -2.16. The van der Waals surface area contributed by atoms with Gasteiger partial charge in [-0.3, -0.25) is 0 Å². The molecule has 0 radical (unpaired) electrons. The van der Waals surface area contributed by atoms with Crippen molar-refractivity contribution < 1.29 is 0 Å². The summed E-state index contributed by atoms with van der Waals surface area (Å²) in [5.74, 6) is 0. The summed E-state index contributed by atoms with van der Waals surface area (Å²) >= 11 is 0. The lowest BCUT2D eigenvalue weighted by Gasteiger charge is -2.29. The van der Waals surface area contributed by atoms with Crippen LogP contribution in [0.15, 0.2) is 176 Å². The third-order valence-electron chi connectivity index (χ3n) is 13.8. The molecule has 0 aliphatic heterocycles. The Bertz CT molecular complexity index is 2840. The second kappa shape index (κ2) is 12.3. The molecule has 280 valence electrons. The molecule has 0 bridgehead atoms. The maximum absolute atomic E-state index is 2.48. The van der Waals surface area contributed by atoms with E-state index in [1.807, 2.05) is 0 Å². The number of rotatable bonds is 5. The monoisotopic (exact) mass is 745 g/mol. The van der Waals surface area contributed by atoms with E-state index in [1.165, 1.54) is 89.0 Å². The van der Waals surface area contributed by atoms with Gasteiger partial charge in [-0.1, -0.05) is 181 Å². The Morgan fingerprint density at radius 1 is 0.276 bits per heavy atom. The fraction of sp³-hybridized carbons (Fsp3) is 0.158. The molecule has 0 N–H and O–H groups in total. The number of benzene rings is 8. The minimum absolute atomic E-state index is 0.0642. The first-order chi connectivity index (χ1) is 28.0. The molecule has 0 saturated carbocycles. The molecule has 58 heavy (non-hydrogen) atoms.